The van der Waals surface area contributed by atoms with E-state index in [9.17, 15) is 19.2 Å². The van der Waals surface area contributed by atoms with Gasteiger partial charge in [-0.1, -0.05) is 71.4 Å². The highest BCUT2D eigenvalue weighted by molar-refractivity contribution is 5.92. The van der Waals surface area contributed by atoms with Crippen LogP contribution in [-0.2, 0) is 25.7 Å². The third-order valence-electron chi connectivity index (χ3n) is 4.96. The van der Waals surface area contributed by atoms with Crippen molar-refractivity contribution in [2.45, 2.75) is 85.0 Å². The number of carbonyl (C=O) groups is 4. The Hall–Kier alpha value is -2.90. The van der Waals surface area contributed by atoms with Crippen molar-refractivity contribution >= 4 is 24.2 Å². The van der Waals surface area contributed by atoms with E-state index in [1.54, 1.807) is 0 Å². The van der Waals surface area contributed by atoms with E-state index >= 15 is 0 Å². The van der Waals surface area contributed by atoms with Gasteiger partial charge in [0.2, 0.25) is 11.8 Å². The predicted molar refractivity (Wildman–Crippen MR) is 127 cm³/mol. The largest absolute Gasteiger partial charge is 0.445 e. The van der Waals surface area contributed by atoms with Crippen LogP contribution in [0.3, 0.4) is 0 Å². The van der Waals surface area contributed by atoms with Crippen molar-refractivity contribution in [3.05, 3.63) is 35.9 Å². The van der Waals surface area contributed by atoms with Crippen molar-refractivity contribution in [3.8, 4) is 0 Å². The van der Waals surface area contributed by atoms with Crippen molar-refractivity contribution in [3.63, 3.8) is 0 Å². The van der Waals surface area contributed by atoms with Gasteiger partial charge in [-0.05, 0) is 36.7 Å². The number of ether oxygens (including phenoxy) is 1. The lowest BCUT2D eigenvalue weighted by Gasteiger charge is -2.25. The first-order chi connectivity index (χ1) is 15.7. The van der Waals surface area contributed by atoms with Gasteiger partial charge >= 0.3 is 6.09 Å². The molecule has 0 aliphatic carbocycles. The lowest BCUT2D eigenvalue weighted by atomic mass is 10.00. The van der Waals surface area contributed by atoms with Gasteiger partial charge in [0.15, 0.2) is 0 Å². The molecule has 0 unspecified atom stereocenters. The average Bonchev–Trinajstić information content (AvgIpc) is 2.76. The van der Waals surface area contributed by atoms with Crippen LogP contribution in [0.1, 0.15) is 65.9 Å². The summed E-state index contributed by atoms with van der Waals surface area (Å²) in [6, 6.07) is 6.99. The van der Waals surface area contributed by atoms with Crippen molar-refractivity contribution in [1.82, 2.24) is 16.0 Å². The van der Waals surface area contributed by atoms with Crippen molar-refractivity contribution in [1.29, 1.82) is 0 Å². The first-order valence-corrected chi connectivity index (χ1v) is 11.7. The fraction of sp³-hybridized carbons (Fsp3) is 0.600. The molecule has 8 nitrogen and oxygen atoms in total. The molecule has 3 amide bonds. The number of hydrogen-bond acceptors (Lipinski definition) is 5. The van der Waals surface area contributed by atoms with E-state index in [2.05, 4.69) is 16.0 Å². The molecule has 3 atom stereocenters. The Morgan fingerprint density at radius 1 is 0.879 bits per heavy atom. The van der Waals surface area contributed by atoms with E-state index in [-0.39, 0.29) is 18.4 Å². The second-order valence-corrected chi connectivity index (χ2v) is 9.12. The highest BCUT2D eigenvalue weighted by Gasteiger charge is 2.29. The monoisotopic (exact) mass is 461 g/mol. The summed E-state index contributed by atoms with van der Waals surface area (Å²) in [5.41, 5.74) is 0.836. The minimum atomic E-state index is -0.853. The van der Waals surface area contributed by atoms with E-state index in [1.165, 1.54) is 0 Å². The van der Waals surface area contributed by atoms with Crippen molar-refractivity contribution in [2.75, 3.05) is 0 Å². The van der Waals surface area contributed by atoms with E-state index in [4.69, 9.17) is 4.74 Å². The predicted octanol–water partition coefficient (Wildman–Crippen LogP) is 3.34. The van der Waals surface area contributed by atoms with Gasteiger partial charge in [0.1, 0.15) is 25.0 Å². The maximum absolute atomic E-state index is 13.0. The lowest BCUT2D eigenvalue weighted by Crippen LogP contribution is -2.55. The molecule has 0 bridgehead atoms. The minimum absolute atomic E-state index is 0.0889. The van der Waals surface area contributed by atoms with Gasteiger partial charge in [-0.2, -0.15) is 0 Å². The number of hydrogen-bond donors (Lipinski definition) is 3. The second-order valence-electron chi connectivity index (χ2n) is 9.12. The number of alkyl carbamates (subject to hydrolysis) is 1. The molecule has 184 valence electrons. The van der Waals surface area contributed by atoms with Gasteiger partial charge in [-0.25, -0.2) is 4.79 Å². The number of rotatable bonds is 14. The van der Waals surface area contributed by atoms with Gasteiger partial charge < -0.3 is 25.5 Å². The van der Waals surface area contributed by atoms with Crippen LogP contribution >= 0.6 is 0 Å². The van der Waals surface area contributed by atoms with Crippen LogP contribution < -0.4 is 16.0 Å². The summed E-state index contributed by atoms with van der Waals surface area (Å²) in [4.78, 5) is 49.4. The summed E-state index contributed by atoms with van der Waals surface area (Å²) < 4.78 is 5.25. The highest BCUT2D eigenvalue weighted by Crippen LogP contribution is 2.10. The SMILES string of the molecule is CCC[C@@H](C=O)NC(=O)[C@@H](CC(C)C)NC(=O)[C@H](CC(C)C)NC(=O)OCc1ccccc1. The van der Waals surface area contributed by atoms with Crippen LogP contribution in [0.2, 0.25) is 0 Å². The Morgan fingerprint density at radius 3 is 1.94 bits per heavy atom. The molecule has 0 aliphatic heterocycles. The molecule has 1 rings (SSSR count). The summed E-state index contributed by atoms with van der Waals surface area (Å²) in [5.74, 6) is -0.609. The van der Waals surface area contributed by atoms with Gasteiger partial charge in [-0.3, -0.25) is 9.59 Å². The molecule has 0 radical (unpaired) electrons. The van der Waals surface area contributed by atoms with Crippen LogP contribution in [-0.4, -0.2) is 42.3 Å². The van der Waals surface area contributed by atoms with E-state index < -0.39 is 36.0 Å². The number of nitrogens with one attached hydrogen (secondary N) is 3. The third-order valence-corrected chi connectivity index (χ3v) is 4.96. The summed E-state index contributed by atoms with van der Waals surface area (Å²) in [7, 11) is 0. The average molecular weight is 462 g/mol. The number of amides is 3. The minimum Gasteiger partial charge on any atom is -0.445 e. The maximum atomic E-state index is 13.0. The molecule has 1 aromatic carbocycles. The second kappa shape index (κ2) is 15.0. The smallest absolute Gasteiger partial charge is 0.408 e. The standard InChI is InChI=1S/C25H39N3O5/c1-6-10-20(15-29)26-23(30)21(13-17(2)3)27-24(31)22(14-18(4)5)28-25(32)33-16-19-11-8-7-9-12-19/h7-9,11-12,15,17-18,20-22H,6,10,13-14,16H2,1-5H3,(H,26,30)(H,27,31)(H,28,32)/t20-,21+,22-/m0/s1. The molecule has 33 heavy (non-hydrogen) atoms. The van der Waals surface area contributed by atoms with Crippen molar-refractivity contribution < 1.29 is 23.9 Å². The van der Waals surface area contributed by atoms with Gasteiger partial charge in [-0.15, -0.1) is 0 Å². The normalized spacial score (nSPS) is 13.7. The van der Waals surface area contributed by atoms with Gasteiger partial charge in [0.25, 0.3) is 0 Å². The van der Waals surface area contributed by atoms with Crippen LogP contribution in [0.15, 0.2) is 30.3 Å². The molecule has 0 saturated heterocycles. The zero-order valence-corrected chi connectivity index (χ0v) is 20.4. The zero-order valence-electron chi connectivity index (χ0n) is 20.4. The summed E-state index contributed by atoms with van der Waals surface area (Å²) in [5, 5.41) is 8.10. The number of carbonyl (C=O) groups excluding carboxylic acids is 4. The fourth-order valence-corrected chi connectivity index (χ4v) is 3.35. The molecule has 0 saturated carbocycles. The highest BCUT2D eigenvalue weighted by atomic mass is 16.5. The third kappa shape index (κ3) is 11.5. The molecule has 0 heterocycles. The molecule has 3 N–H and O–H groups in total. The molecule has 0 spiro atoms. The van der Waals surface area contributed by atoms with Crippen LogP contribution in [0.4, 0.5) is 4.79 Å². The zero-order chi connectivity index (χ0) is 24.8. The molecule has 0 aromatic heterocycles. The Balaban J connectivity index is 2.82. The Kier molecular flexibility index (Phi) is 12.8. The Morgan fingerprint density at radius 2 is 1.42 bits per heavy atom. The molecule has 1 aromatic rings. The van der Waals surface area contributed by atoms with E-state index in [1.807, 2.05) is 65.0 Å². The first-order valence-electron chi connectivity index (χ1n) is 11.7. The van der Waals surface area contributed by atoms with Crippen LogP contribution in [0, 0.1) is 11.8 Å². The quantitative estimate of drug-likeness (QED) is 0.368. The molecular formula is C25H39N3O5. The number of aldehydes is 1. The molecular weight excluding hydrogens is 422 g/mol. The van der Waals surface area contributed by atoms with E-state index in [0.717, 1.165) is 12.0 Å². The fourth-order valence-electron chi connectivity index (χ4n) is 3.35. The van der Waals surface area contributed by atoms with Gasteiger partial charge in [0, 0.05) is 0 Å². The van der Waals surface area contributed by atoms with Gasteiger partial charge in [0.05, 0.1) is 6.04 Å². The molecule has 8 heteroatoms. The number of benzene rings is 1. The Bertz CT molecular complexity index is 752. The molecule has 0 aliphatic rings. The lowest BCUT2D eigenvalue weighted by molar-refractivity contribution is -0.131. The maximum Gasteiger partial charge on any atom is 0.408 e. The first kappa shape index (κ1) is 28.1. The summed E-state index contributed by atoms with van der Waals surface area (Å²) >= 11 is 0. The summed E-state index contributed by atoms with van der Waals surface area (Å²) in [6.45, 7) is 9.78. The van der Waals surface area contributed by atoms with Crippen LogP contribution in [0.25, 0.3) is 0 Å². The van der Waals surface area contributed by atoms with Crippen LogP contribution in [0.5, 0.6) is 0 Å². The topological polar surface area (TPSA) is 114 Å². The molecule has 0 fully saturated rings. The van der Waals surface area contributed by atoms with Crippen molar-refractivity contribution in [2.24, 2.45) is 11.8 Å². The van der Waals surface area contributed by atoms with E-state index in [0.29, 0.717) is 25.5 Å². The summed E-state index contributed by atoms with van der Waals surface area (Å²) in [6.07, 6.45) is 2.07. The Labute approximate surface area is 197 Å².